The standard InChI is InChI=1S/C18H22Cl2N2O2/c19-16-5-3-6-17(20)15(16)13-24-18-7-2-1-4-14(18)12-22-9-8-21-10-11-23/h1-7,21-23H,8-13H2. The number of aliphatic hydroxyl groups is 1. The first kappa shape index (κ1) is 19.0. The Bertz CT molecular complexity index is 618. The summed E-state index contributed by atoms with van der Waals surface area (Å²) < 4.78 is 5.92. The molecule has 0 saturated heterocycles. The third-order valence-electron chi connectivity index (χ3n) is 3.49. The van der Waals surface area contributed by atoms with Crippen LogP contribution in [0.3, 0.4) is 0 Å². The highest BCUT2D eigenvalue weighted by molar-refractivity contribution is 6.35. The number of hydrogen-bond donors (Lipinski definition) is 3. The molecule has 0 radical (unpaired) electrons. The zero-order valence-electron chi connectivity index (χ0n) is 13.4. The molecule has 4 nitrogen and oxygen atoms in total. The fourth-order valence-corrected chi connectivity index (χ4v) is 2.72. The Hall–Kier alpha value is -1.30. The maximum Gasteiger partial charge on any atom is 0.124 e. The summed E-state index contributed by atoms with van der Waals surface area (Å²) in [5.41, 5.74) is 1.86. The molecule has 0 aliphatic carbocycles. The van der Waals surface area contributed by atoms with Crippen LogP contribution >= 0.6 is 23.2 Å². The van der Waals surface area contributed by atoms with E-state index in [2.05, 4.69) is 10.6 Å². The Morgan fingerprint density at radius 2 is 1.58 bits per heavy atom. The van der Waals surface area contributed by atoms with E-state index in [-0.39, 0.29) is 6.61 Å². The van der Waals surface area contributed by atoms with Crippen molar-refractivity contribution in [3.8, 4) is 5.75 Å². The highest BCUT2D eigenvalue weighted by Gasteiger charge is 2.08. The van der Waals surface area contributed by atoms with Gasteiger partial charge in [0, 0.05) is 47.4 Å². The zero-order chi connectivity index (χ0) is 17.2. The summed E-state index contributed by atoms with van der Waals surface area (Å²) >= 11 is 12.4. The van der Waals surface area contributed by atoms with Crippen molar-refractivity contribution in [1.82, 2.24) is 10.6 Å². The van der Waals surface area contributed by atoms with Gasteiger partial charge < -0.3 is 20.5 Å². The average Bonchev–Trinajstić information content (AvgIpc) is 2.58. The molecule has 2 aromatic rings. The molecule has 0 spiro atoms. The van der Waals surface area contributed by atoms with E-state index in [9.17, 15) is 0 Å². The lowest BCUT2D eigenvalue weighted by atomic mass is 10.2. The first-order chi connectivity index (χ1) is 11.7. The van der Waals surface area contributed by atoms with E-state index in [1.165, 1.54) is 0 Å². The lowest BCUT2D eigenvalue weighted by Crippen LogP contribution is -2.28. The molecule has 0 bridgehead atoms. The van der Waals surface area contributed by atoms with Gasteiger partial charge in [0.2, 0.25) is 0 Å². The number of ether oxygens (including phenoxy) is 1. The van der Waals surface area contributed by atoms with Crippen LogP contribution in [0.1, 0.15) is 11.1 Å². The van der Waals surface area contributed by atoms with Gasteiger partial charge in [-0.15, -0.1) is 0 Å². The molecule has 0 heterocycles. The molecule has 24 heavy (non-hydrogen) atoms. The van der Waals surface area contributed by atoms with Gasteiger partial charge in [-0.25, -0.2) is 0 Å². The van der Waals surface area contributed by atoms with Crippen LogP contribution in [0.2, 0.25) is 10.0 Å². The maximum atomic E-state index is 8.71. The minimum Gasteiger partial charge on any atom is -0.488 e. The van der Waals surface area contributed by atoms with Crippen molar-refractivity contribution in [3.05, 3.63) is 63.6 Å². The van der Waals surface area contributed by atoms with Crippen molar-refractivity contribution in [2.24, 2.45) is 0 Å². The van der Waals surface area contributed by atoms with Crippen LogP contribution in [-0.4, -0.2) is 31.3 Å². The molecule has 3 N–H and O–H groups in total. The van der Waals surface area contributed by atoms with Gasteiger partial charge in [-0.05, 0) is 18.2 Å². The summed E-state index contributed by atoms with van der Waals surface area (Å²) in [6.07, 6.45) is 0. The van der Waals surface area contributed by atoms with Crippen LogP contribution in [0.5, 0.6) is 5.75 Å². The number of rotatable bonds is 10. The molecule has 0 amide bonds. The molecule has 2 aromatic carbocycles. The van der Waals surface area contributed by atoms with E-state index in [1.54, 1.807) is 12.1 Å². The van der Waals surface area contributed by atoms with Crippen LogP contribution in [0.4, 0.5) is 0 Å². The van der Waals surface area contributed by atoms with Gasteiger partial charge in [-0.1, -0.05) is 47.5 Å². The summed E-state index contributed by atoms with van der Waals surface area (Å²) in [5.74, 6) is 0.810. The van der Waals surface area contributed by atoms with Gasteiger partial charge in [0.05, 0.1) is 6.61 Å². The largest absolute Gasteiger partial charge is 0.488 e. The maximum absolute atomic E-state index is 8.71. The molecule has 0 unspecified atom stereocenters. The monoisotopic (exact) mass is 368 g/mol. The molecule has 2 rings (SSSR count). The lowest BCUT2D eigenvalue weighted by Gasteiger charge is -2.14. The summed E-state index contributed by atoms with van der Waals surface area (Å²) in [7, 11) is 0. The fourth-order valence-electron chi connectivity index (χ4n) is 2.21. The van der Waals surface area contributed by atoms with E-state index in [1.807, 2.05) is 30.3 Å². The molecule has 0 fully saturated rings. The Morgan fingerprint density at radius 1 is 0.875 bits per heavy atom. The van der Waals surface area contributed by atoms with Crippen molar-refractivity contribution in [2.45, 2.75) is 13.2 Å². The number of halogens is 2. The quantitative estimate of drug-likeness (QED) is 0.563. The average molecular weight is 369 g/mol. The smallest absolute Gasteiger partial charge is 0.124 e. The molecular formula is C18H22Cl2N2O2. The second kappa shape index (κ2) is 10.5. The second-order valence-electron chi connectivity index (χ2n) is 5.25. The number of benzene rings is 2. The van der Waals surface area contributed by atoms with E-state index < -0.39 is 0 Å². The van der Waals surface area contributed by atoms with Gasteiger partial charge in [0.15, 0.2) is 0 Å². The van der Waals surface area contributed by atoms with Gasteiger partial charge in [0.25, 0.3) is 0 Å². The predicted molar refractivity (Wildman–Crippen MR) is 98.9 cm³/mol. The van der Waals surface area contributed by atoms with Gasteiger partial charge in [-0.2, -0.15) is 0 Å². The van der Waals surface area contributed by atoms with Gasteiger partial charge >= 0.3 is 0 Å². The van der Waals surface area contributed by atoms with Crippen LogP contribution in [-0.2, 0) is 13.2 Å². The molecule has 0 atom stereocenters. The minimum absolute atomic E-state index is 0.154. The molecule has 0 saturated carbocycles. The molecule has 6 heteroatoms. The second-order valence-corrected chi connectivity index (χ2v) is 6.06. The Balaban J connectivity index is 1.89. The molecule has 0 aromatic heterocycles. The summed E-state index contributed by atoms with van der Waals surface area (Å²) in [5, 5.41) is 16.4. The van der Waals surface area contributed by atoms with Gasteiger partial charge in [-0.3, -0.25) is 0 Å². The third kappa shape index (κ3) is 5.96. The van der Waals surface area contributed by atoms with Crippen molar-refractivity contribution in [1.29, 1.82) is 0 Å². The first-order valence-electron chi connectivity index (χ1n) is 7.88. The van der Waals surface area contributed by atoms with E-state index in [0.717, 1.165) is 30.0 Å². The predicted octanol–water partition coefficient (Wildman–Crippen LogP) is 3.24. The van der Waals surface area contributed by atoms with E-state index >= 15 is 0 Å². The number of aliphatic hydroxyl groups excluding tert-OH is 1. The van der Waals surface area contributed by atoms with Crippen LogP contribution in [0, 0.1) is 0 Å². The number of nitrogens with one attached hydrogen (secondary N) is 2. The van der Waals surface area contributed by atoms with E-state index in [4.69, 9.17) is 33.0 Å². The third-order valence-corrected chi connectivity index (χ3v) is 4.20. The van der Waals surface area contributed by atoms with Crippen molar-refractivity contribution < 1.29 is 9.84 Å². The first-order valence-corrected chi connectivity index (χ1v) is 8.64. The van der Waals surface area contributed by atoms with Crippen LogP contribution in [0.25, 0.3) is 0 Å². The normalized spacial score (nSPS) is 10.8. The molecule has 130 valence electrons. The Labute approximate surface area is 152 Å². The lowest BCUT2D eigenvalue weighted by molar-refractivity contribution is 0.292. The number of para-hydroxylation sites is 1. The van der Waals surface area contributed by atoms with Crippen molar-refractivity contribution >= 4 is 23.2 Å². The number of hydrogen-bond acceptors (Lipinski definition) is 4. The highest BCUT2D eigenvalue weighted by Crippen LogP contribution is 2.27. The minimum atomic E-state index is 0.154. The zero-order valence-corrected chi connectivity index (χ0v) is 14.9. The summed E-state index contributed by atoms with van der Waals surface area (Å²) in [6.45, 7) is 3.41. The topological polar surface area (TPSA) is 53.5 Å². The van der Waals surface area contributed by atoms with Crippen LogP contribution < -0.4 is 15.4 Å². The SMILES string of the molecule is OCCNCCNCc1ccccc1OCc1c(Cl)cccc1Cl. The summed E-state index contributed by atoms with van der Waals surface area (Å²) in [6, 6.07) is 13.3. The highest BCUT2D eigenvalue weighted by atomic mass is 35.5. The van der Waals surface area contributed by atoms with Crippen LogP contribution in [0.15, 0.2) is 42.5 Å². The summed E-state index contributed by atoms with van der Waals surface area (Å²) in [4.78, 5) is 0. The molecule has 0 aliphatic heterocycles. The molecule has 0 aliphatic rings. The Kier molecular flexibility index (Phi) is 8.36. The van der Waals surface area contributed by atoms with E-state index in [0.29, 0.717) is 29.7 Å². The molecular weight excluding hydrogens is 347 g/mol. The van der Waals surface area contributed by atoms with Crippen molar-refractivity contribution in [3.63, 3.8) is 0 Å². The van der Waals surface area contributed by atoms with Gasteiger partial charge in [0.1, 0.15) is 12.4 Å². The van der Waals surface area contributed by atoms with Crippen molar-refractivity contribution in [2.75, 3.05) is 26.2 Å². The Morgan fingerprint density at radius 3 is 2.33 bits per heavy atom. The fraction of sp³-hybridized carbons (Fsp3) is 0.333.